The Morgan fingerprint density at radius 3 is 2.61 bits per heavy atom. The monoisotopic (exact) mass is 406 g/mol. The van der Waals surface area contributed by atoms with Crippen molar-refractivity contribution in [2.45, 2.75) is 6.92 Å². The molecule has 0 spiro atoms. The Morgan fingerprint density at radius 1 is 1.25 bits per heavy atom. The highest BCUT2D eigenvalue weighted by Gasteiger charge is 2.29. The van der Waals surface area contributed by atoms with E-state index >= 15 is 0 Å². The number of carbonyl (C=O) groups is 2. The van der Waals surface area contributed by atoms with Gasteiger partial charge in [-0.2, -0.15) is 0 Å². The number of ether oxygens (including phenoxy) is 2. The lowest BCUT2D eigenvalue weighted by molar-refractivity contribution is -0.899. The lowest BCUT2D eigenvalue weighted by Gasteiger charge is -2.34. The Kier molecular flexibility index (Phi) is 7.22. The van der Waals surface area contributed by atoms with Gasteiger partial charge in [0, 0.05) is 5.69 Å². The normalized spacial score (nSPS) is 19.4. The first-order valence-electron chi connectivity index (χ1n) is 9.65. The fourth-order valence-electron chi connectivity index (χ4n) is 3.45. The second-order valence-corrected chi connectivity index (χ2v) is 7.75. The van der Waals surface area contributed by atoms with Crippen molar-refractivity contribution in [3.8, 4) is 5.75 Å². The molecule has 0 saturated carbocycles. The Balaban J connectivity index is 1.49. The molecule has 2 aliphatic heterocycles. The summed E-state index contributed by atoms with van der Waals surface area (Å²) in [4.78, 5) is 29.5. The molecule has 152 valence electrons. The first-order valence-corrected chi connectivity index (χ1v) is 10.6. The number of hydrogen-bond acceptors (Lipinski definition) is 6. The maximum absolute atomic E-state index is 12.2. The van der Waals surface area contributed by atoms with E-state index < -0.39 is 0 Å². The van der Waals surface area contributed by atoms with Crippen molar-refractivity contribution in [3.05, 3.63) is 35.4 Å². The zero-order valence-corrected chi connectivity index (χ0v) is 17.3. The van der Waals surface area contributed by atoms with Crippen LogP contribution in [0, 0.1) is 0 Å². The summed E-state index contributed by atoms with van der Waals surface area (Å²) in [5, 5.41) is 0.708. The van der Waals surface area contributed by atoms with Gasteiger partial charge in [-0.1, -0.05) is 11.8 Å². The molecule has 2 saturated heterocycles. The number of esters is 1. The van der Waals surface area contributed by atoms with Crippen LogP contribution in [0.2, 0.25) is 0 Å². The number of benzene rings is 1. The van der Waals surface area contributed by atoms with Gasteiger partial charge in [0.1, 0.15) is 5.75 Å². The first-order chi connectivity index (χ1) is 13.6. The third kappa shape index (κ3) is 5.20. The van der Waals surface area contributed by atoms with Gasteiger partial charge in [0.2, 0.25) is 5.91 Å². The van der Waals surface area contributed by atoms with Gasteiger partial charge in [0.15, 0.2) is 0 Å². The van der Waals surface area contributed by atoms with Crippen molar-refractivity contribution in [2.24, 2.45) is 0 Å². The molecule has 0 radical (unpaired) electrons. The maximum Gasteiger partial charge on any atom is 0.333 e. The van der Waals surface area contributed by atoms with Crippen molar-refractivity contribution >= 4 is 29.3 Å². The van der Waals surface area contributed by atoms with Crippen LogP contribution in [-0.4, -0.2) is 75.5 Å². The Hall–Kier alpha value is -2.19. The summed E-state index contributed by atoms with van der Waals surface area (Å²) >= 11 is 1.41. The minimum atomic E-state index is -0.384. The molecule has 0 aromatic heterocycles. The van der Waals surface area contributed by atoms with Crippen LogP contribution in [0.5, 0.6) is 5.75 Å². The van der Waals surface area contributed by atoms with Gasteiger partial charge < -0.3 is 24.2 Å². The van der Waals surface area contributed by atoms with Crippen molar-refractivity contribution in [2.75, 3.05) is 63.6 Å². The number of thioether (sulfide) groups is 1. The highest BCUT2D eigenvalue weighted by atomic mass is 32.2. The molecule has 1 aromatic rings. The first kappa shape index (κ1) is 20.5. The average molecular weight is 407 g/mol. The Morgan fingerprint density at radius 2 is 1.96 bits per heavy atom. The summed E-state index contributed by atoms with van der Waals surface area (Å²) in [6.45, 7) is 7.64. The summed E-state index contributed by atoms with van der Waals surface area (Å²) in [6.07, 6.45) is 1.44. The van der Waals surface area contributed by atoms with E-state index in [-0.39, 0.29) is 11.9 Å². The van der Waals surface area contributed by atoms with E-state index in [0.717, 1.165) is 38.5 Å². The van der Waals surface area contributed by atoms with Crippen LogP contribution in [0.15, 0.2) is 35.4 Å². The Labute approximate surface area is 170 Å². The topological polar surface area (TPSA) is 63.5 Å². The molecule has 0 unspecified atom stereocenters. The average Bonchev–Trinajstić information content (AvgIpc) is 3.06. The lowest BCUT2D eigenvalue weighted by Crippen LogP contribution is -3.15. The van der Waals surface area contributed by atoms with E-state index in [1.54, 1.807) is 18.9 Å². The summed E-state index contributed by atoms with van der Waals surface area (Å²) in [7, 11) is 1.67. The van der Waals surface area contributed by atoms with E-state index in [1.165, 1.54) is 28.4 Å². The van der Waals surface area contributed by atoms with Crippen LogP contribution in [0.1, 0.15) is 6.92 Å². The molecule has 0 aliphatic carbocycles. The van der Waals surface area contributed by atoms with Gasteiger partial charge in [-0.15, -0.1) is 0 Å². The largest absolute Gasteiger partial charge is 0.497 e. The molecule has 1 N–H and O–H groups in total. The number of methoxy groups -OCH3 is 1. The maximum atomic E-state index is 12.2. The van der Waals surface area contributed by atoms with Crippen LogP contribution in [0.25, 0.3) is 0 Å². The third-order valence-electron chi connectivity index (χ3n) is 5.04. The van der Waals surface area contributed by atoms with Crippen LogP contribution in [0.3, 0.4) is 0 Å². The number of carbonyl (C=O) groups excluding carboxylic acids is 2. The zero-order chi connectivity index (χ0) is 19.9. The Bertz CT molecular complexity index is 715. The van der Waals surface area contributed by atoms with Crippen LogP contribution in [-0.2, 0) is 14.3 Å². The minimum absolute atomic E-state index is 0.0665. The van der Waals surface area contributed by atoms with Crippen molar-refractivity contribution in [1.29, 1.82) is 0 Å². The molecule has 1 aromatic carbocycles. The second-order valence-electron chi connectivity index (χ2n) is 6.75. The summed E-state index contributed by atoms with van der Waals surface area (Å²) < 4.78 is 10.2. The van der Waals surface area contributed by atoms with E-state index in [2.05, 4.69) is 17.0 Å². The van der Waals surface area contributed by atoms with Crippen LogP contribution >= 0.6 is 11.8 Å². The van der Waals surface area contributed by atoms with E-state index in [9.17, 15) is 9.59 Å². The fourth-order valence-corrected chi connectivity index (χ4v) is 4.40. The van der Waals surface area contributed by atoms with Crippen LogP contribution in [0.4, 0.5) is 5.69 Å². The van der Waals surface area contributed by atoms with Crippen molar-refractivity contribution < 1.29 is 24.0 Å². The number of piperazine rings is 1. The molecule has 1 amide bonds. The molecule has 2 aliphatic rings. The molecule has 8 heteroatoms. The number of rotatable bonds is 7. The molecule has 3 rings (SSSR count). The SMILES string of the molecule is CCOC(=O)/C=C1\SCC(=O)N1CC[NH+]1CCN(c2ccc(OC)cc2)CC1. The summed E-state index contributed by atoms with van der Waals surface area (Å²) in [5.41, 5.74) is 1.21. The predicted octanol–water partition coefficient (Wildman–Crippen LogP) is 0.380. The molecule has 2 heterocycles. The van der Waals surface area contributed by atoms with Gasteiger partial charge in [-0.3, -0.25) is 4.79 Å². The number of hydrogen-bond donors (Lipinski definition) is 1. The molecular weight excluding hydrogens is 378 g/mol. The highest BCUT2D eigenvalue weighted by Crippen LogP contribution is 2.28. The van der Waals surface area contributed by atoms with Crippen molar-refractivity contribution in [3.63, 3.8) is 0 Å². The molecule has 0 bridgehead atoms. The molecule has 7 nitrogen and oxygen atoms in total. The quantitative estimate of drug-likeness (QED) is 0.522. The van der Waals surface area contributed by atoms with E-state index in [4.69, 9.17) is 9.47 Å². The van der Waals surface area contributed by atoms with Gasteiger partial charge in [0.25, 0.3) is 0 Å². The predicted molar refractivity (Wildman–Crippen MR) is 110 cm³/mol. The molecule has 2 fully saturated rings. The highest BCUT2D eigenvalue weighted by molar-refractivity contribution is 8.04. The minimum Gasteiger partial charge on any atom is -0.497 e. The summed E-state index contributed by atoms with van der Waals surface area (Å²) in [6, 6.07) is 8.16. The van der Waals surface area contributed by atoms with Gasteiger partial charge in [-0.25, -0.2) is 4.79 Å². The van der Waals surface area contributed by atoms with Gasteiger partial charge >= 0.3 is 5.97 Å². The molecule has 0 atom stereocenters. The van der Waals surface area contributed by atoms with Crippen molar-refractivity contribution in [1.82, 2.24) is 4.90 Å². The summed E-state index contributed by atoms with van der Waals surface area (Å²) in [5.74, 6) is 0.945. The standard InChI is InChI=1S/C20H27N3O4S/c1-3-27-20(25)14-19-23(18(24)15-28-19)13-10-21-8-11-22(12-9-21)16-4-6-17(26-2)7-5-16/h4-7,14H,3,8-13,15H2,1-2H3/p+1/b19-14-. The van der Waals surface area contributed by atoms with E-state index in [1.807, 2.05) is 12.1 Å². The van der Waals surface area contributed by atoms with Gasteiger partial charge in [0.05, 0.1) is 69.8 Å². The van der Waals surface area contributed by atoms with Gasteiger partial charge in [-0.05, 0) is 31.2 Å². The zero-order valence-electron chi connectivity index (χ0n) is 16.5. The smallest absolute Gasteiger partial charge is 0.333 e. The third-order valence-corrected chi connectivity index (χ3v) is 6.06. The number of quaternary nitrogens is 1. The molecular formula is C20H28N3O4S+. The van der Waals surface area contributed by atoms with Crippen LogP contribution < -0.4 is 14.5 Å². The number of amides is 1. The number of anilines is 1. The fraction of sp³-hybridized carbons (Fsp3) is 0.500. The number of nitrogens with zero attached hydrogens (tertiary/aromatic N) is 2. The lowest BCUT2D eigenvalue weighted by atomic mass is 10.2. The van der Waals surface area contributed by atoms with E-state index in [0.29, 0.717) is 23.9 Å². The number of nitrogens with one attached hydrogen (secondary N) is 1. The second kappa shape index (κ2) is 9.84. The molecule has 28 heavy (non-hydrogen) atoms.